The lowest BCUT2D eigenvalue weighted by molar-refractivity contribution is -0.174. The number of rotatable bonds is 9. The van der Waals surface area contributed by atoms with Crippen molar-refractivity contribution in [3.8, 4) is 0 Å². The lowest BCUT2D eigenvalue weighted by Crippen LogP contribution is -2.18. The highest BCUT2D eigenvalue weighted by Crippen LogP contribution is 2.03. The van der Waals surface area contributed by atoms with Gasteiger partial charge >= 0.3 is 5.97 Å². The smallest absolute Gasteiger partial charge is 0.308 e. The van der Waals surface area contributed by atoms with Crippen molar-refractivity contribution in [1.82, 2.24) is 0 Å². The van der Waals surface area contributed by atoms with E-state index in [1.54, 1.807) is 6.92 Å². The lowest BCUT2D eigenvalue weighted by atomic mass is 10.2. The number of unbranched alkanes of at least 4 members (excludes halogenated alkanes) is 2. The van der Waals surface area contributed by atoms with E-state index < -0.39 is 6.29 Å². The van der Waals surface area contributed by atoms with Crippen LogP contribution >= 0.6 is 0 Å². The maximum atomic E-state index is 11.3. The average Bonchev–Trinajstić information content (AvgIpc) is 2.25. The van der Waals surface area contributed by atoms with Crippen molar-refractivity contribution in [2.24, 2.45) is 0 Å². The van der Waals surface area contributed by atoms with Gasteiger partial charge in [0.1, 0.15) is 0 Å². The van der Waals surface area contributed by atoms with Crippen LogP contribution in [0.2, 0.25) is 0 Å². The molecule has 0 aliphatic carbocycles. The third kappa shape index (κ3) is 9.71. The standard InChI is InChI=1S/C13H24O3/c1-4-6-8-9-10-13(14)16-12(3)15-11-7-5-2/h4,6,12H,5,7-11H2,1-3H3/b6-4-. The second-order valence-electron chi connectivity index (χ2n) is 3.74. The van der Waals surface area contributed by atoms with E-state index in [0.717, 1.165) is 25.7 Å². The summed E-state index contributed by atoms with van der Waals surface area (Å²) in [5.41, 5.74) is 0. The maximum Gasteiger partial charge on any atom is 0.308 e. The largest absolute Gasteiger partial charge is 0.436 e. The summed E-state index contributed by atoms with van der Waals surface area (Å²) in [4.78, 5) is 11.3. The van der Waals surface area contributed by atoms with Crippen molar-refractivity contribution < 1.29 is 14.3 Å². The van der Waals surface area contributed by atoms with Crippen LogP contribution in [0.4, 0.5) is 0 Å². The Morgan fingerprint density at radius 1 is 1.38 bits per heavy atom. The minimum atomic E-state index is -0.416. The molecule has 0 aromatic rings. The molecule has 0 rings (SSSR count). The van der Waals surface area contributed by atoms with Gasteiger partial charge in [-0.3, -0.25) is 4.79 Å². The van der Waals surface area contributed by atoms with Crippen LogP contribution in [-0.2, 0) is 14.3 Å². The first-order valence-electron chi connectivity index (χ1n) is 6.13. The summed E-state index contributed by atoms with van der Waals surface area (Å²) in [5, 5.41) is 0. The van der Waals surface area contributed by atoms with E-state index in [1.165, 1.54) is 0 Å². The van der Waals surface area contributed by atoms with Crippen molar-refractivity contribution in [3.05, 3.63) is 12.2 Å². The van der Waals surface area contributed by atoms with Gasteiger partial charge in [-0.2, -0.15) is 0 Å². The van der Waals surface area contributed by atoms with Crippen molar-refractivity contribution in [3.63, 3.8) is 0 Å². The Kier molecular flexibility index (Phi) is 10.1. The quantitative estimate of drug-likeness (QED) is 0.262. The molecule has 0 aliphatic rings. The Balaban J connectivity index is 3.46. The van der Waals surface area contributed by atoms with Crippen LogP contribution in [0.25, 0.3) is 0 Å². The van der Waals surface area contributed by atoms with Gasteiger partial charge in [0, 0.05) is 6.42 Å². The maximum absolute atomic E-state index is 11.3. The molecule has 0 saturated carbocycles. The number of esters is 1. The van der Waals surface area contributed by atoms with Gasteiger partial charge in [-0.05, 0) is 33.1 Å². The zero-order valence-electron chi connectivity index (χ0n) is 10.7. The molecular formula is C13H24O3. The molecule has 0 aromatic heterocycles. The van der Waals surface area contributed by atoms with Gasteiger partial charge in [0.2, 0.25) is 0 Å². The zero-order chi connectivity index (χ0) is 12.2. The van der Waals surface area contributed by atoms with Gasteiger partial charge in [0.25, 0.3) is 0 Å². The van der Waals surface area contributed by atoms with Crippen molar-refractivity contribution in [1.29, 1.82) is 0 Å². The molecule has 0 heterocycles. The molecule has 0 N–H and O–H groups in total. The molecule has 0 radical (unpaired) electrons. The average molecular weight is 228 g/mol. The number of carbonyl (C=O) groups is 1. The minimum Gasteiger partial charge on any atom is -0.436 e. The van der Waals surface area contributed by atoms with Gasteiger partial charge in [-0.15, -0.1) is 0 Å². The van der Waals surface area contributed by atoms with E-state index in [-0.39, 0.29) is 5.97 Å². The second-order valence-corrected chi connectivity index (χ2v) is 3.74. The Morgan fingerprint density at radius 3 is 2.75 bits per heavy atom. The molecule has 0 bridgehead atoms. The monoisotopic (exact) mass is 228 g/mol. The van der Waals surface area contributed by atoms with Crippen LogP contribution < -0.4 is 0 Å². The predicted molar refractivity (Wildman–Crippen MR) is 65.1 cm³/mol. The molecule has 1 unspecified atom stereocenters. The molecule has 0 amide bonds. The molecule has 1 atom stereocenters. The molecule has 3 nitrogen and oxygen atoms in total. The topological polar surface area (TPSA) is 35.5 Å². The molecule has 94 valence electrons. The third-order valence-electron chi connectivity index (χ3n) is 2.14. The summed E-state index contributed by atoms with van der Waals surface area (Å²) >= 11 is 0. The number of carbonyl (C=O) groups excluding carboxylic acids is 1. The van der Waals surface area contributed by atoms with Crippen molar-refractivity contribution >= 4 is 5.97 Å². The van der Waals surface area contributed by atoms with Crippen LogP contribution in [-0.4, -0.2) is 18.9 Å². The SMILES string of the molecule is C/C=C\CCCC(=O)OC(C)OCCCC. The lowest BCUT2D eigenvalue weighted by Gasteiger charge is -2.13. The molecule has 0 aliphatic heterocycles. The third-order valence-corrected chi connectivity index (χ3v) is 2.14. The van der Waals surface area contributed by atoms with Crippen LogP contribution in [0.5, 0.6) is 0 Å². The fourth-order valence-electron chi connectivity index (χ4n) is 1.20. The highest BCUT2D eigenvalue weighted by Gasteiger charge is 2.08. The van der Waals surface area contributed by atoms with Crippen LogP contribution in [0.3, 0.4) is 0 Å². The molecular weight excluding hydrogens is 204 g/mol. The first kappa shape index (κ1) is 15.2. The predicted octanol–water partition coefficient (Wildman–Crippen LogP) is 3.44. The van der Waals surface area contributed by atoms with Crippen LogP contribution in [0.1, 0.15) is 52.9 Å². The van der Waals surface area contributed by atoms with E-state index in [2.05, 4.69) is 13.0 Å². The summed E-state index contributed by atoms with van der Waals surface area (Å²) in [6.45, 7) is 6.49. The number of allylic oxidation sites excluding steroid dienone is 2. The van der Waals surface area contributed by atoms with E-state index in [9.17, 15) is 4.79 Å². The van der Waals surface area contributed by atoms with Crippen LogP contribution in [0, 0.1) is 0 Å². The summed E-state index contributed by atoms with van der Waals surface area (Å²) < 4.78 is 10.4. The molecule has 3 heteroatoms. The molecule has 0 fully saturated rings. The molecule has 0 saturated heterocycles. The molecule has 0 aromatic carbocycles. The first-order chi connectivity index (χ1) is 7.70. The van der Waals surface area contributed by atoms with Crippen molar-refractivity contribution in [2.75, 3.05) is 6.61 Å². The minimum absolute atomic E-state index is 0.173. The summed E-state index contributed by atoms with van der Waals surface area (Å²) in [6.07, 6.45) is 7.94. The second kappa shape index (κ2) is 10.7. The Morgan fingerprint density at radius 2 is 2.12 bits per heavy atom. The van der Waals surface area contributed by atoms with Crippen LogP contribution in [0.15, 0.2) is 12.2 Å². The normalized spacial score (nSPS) is 12.9. The number of hydrogen-bond donors (Lipinski definition) is 0. The Labute approximate surface area is 98.8 Å². The van der Waals surface area contributed by atoms with E-state index in [0.29, 0.717) is 13.0 Å². The van der Waals surface area contributed by atoms with Gasteiger partial charge < -0.3 is 9.47 Å². The fourth-order valence-corrected chi connectivity index (χ4v) is 1.20. The highest BCUT2D eigenvalue weighted by molar-refractivity contribution is 5.69. The molecule has 0 spiro atoms. The summed E-state index contributed by atoms with van der Waals surface area (Å²) in [7, 11) is 0. The zero-order valence-corrected chi connectivity index (χ0v) is 10.7. The number of hydrogen-bond acceptors (Lipinski definition) is 3. The fraction of sp³-hybridized carbons (Fsp3) is 0.769. The van der Waals surface area contributed by atoms with Gasteiger partial charge in [-0.25, -0.2) is 0 Å². The summed E-state index contributed by atoms with van der Waals surface area (Å²) in [6, 6.07) is 0. The van der Waals surface area contributed by atoms with Gasteiger partial charge in [0.15, 0.2) is 6.29 Å². The highest BCUT2D eigenvalue weighted by atomic mass is 16.7. The first-order valence-corrected chi connectivity index (χ1v) is 6.13. The molecule has 16 heavy (non-hydrogen) atoms. The van der Waals surface area contributed by atoms with Gasteiger partial charge in [0.05, 0.1) is 6.61 Å². The Bertz CT molecular complexity index is 199. The Hall–Kier alpha value is -0.830. The van der Waals surface area contributed by atoms with E-state index in [1.807, 2.05) is 13.0 Å². The van der Waals surface area contributed by atoms with E-state index >= 15 is 0 Å². The number of ether oxygens (including phenoxy) is 2. The van der Waals surface area contributed by atoms with E-state index in [4.69, 9.17) is 9.47 Å². The van der Waals surface area contributed by atoms with Gasteiger partial charge in [-0.1, -0.05) is 25.5 Å². The van der Waals surface area contributed by atoms with Crippen molar-refractivity contribution in [2.45, 2.75) is 59.2 Å². The summed E-state index contributed by atoms with van der Waals surface area (Å²) in [5.74, 6) is -0.173.